The van der Waals surface area contributed by atoms with Crippen LogP contribution in [0, 0.1) is 6.92 Å². The number of halogens is 3. The van der Waals surface area contributed by atoms with Crippen LogP contribution < -0.4 is 0 Å². The maximum absolute atomic E-state index is 12.6. The third-order valence-electron chi connectivity index (χ3n) is 3.39. The lowest BCUT2D eigenvalue weighted by atomic mass is 9.90. The summed E-state index contributed by atoms with van der Waals surface area (Å²) in [5.74, 6) is -0.324. The molecule has 0 spiro atoms. The predicted octanol–water partition coefficient (Wildman–Crippen LogP) is 1.98. The average Bonchev–Trinajstić information content (AvgIpc) is 2.74. The van der Waals surface area contributed by atoms with Crippen molar-refractivity contribution in [2.45, 2.75) is 31.5 Å². The van der Waals surface area contributed by atoms with Gasteiger partial charge in [-0.05, 0) is 18.5 Å². The smallest absolute Gasteiger partial charge is 0.380 e. The number of nitrogens with zero attached hydrogens (tertiary/aromatic N) is 2. The van der Waals surface area contributed by atoms with E-state index in [-0.39, 0.29) is 19.0 Å². The first kappa shape index (κ1) is 14.3. The fourth-order valence-electron chi connectivity index (χ4n) is 2.03. The van der Waals surface area contributed by atoms with Gasteiger partial charge >= 0.3 is 6.18 Å². The first-order valence-corrected chi connectivity index (χ1v) is 6.57. The molecular weight excluding hydrogens is 281 g/mol. The molecule has 0 unspecified atom stereocenters. The van der Waals surface area contributed by atoms with Crippen molar-refractivity contribution < 1.29 is 23.1 Å². The van der Waals surface area contributed by atoms with Crippen LogP contribution in [0.4, 0.5) is 13.2 Å². The number of hydrogen-bond donors (Lipinski definition) is 1. The molecule has 1 aliphatic rings. The molecule has 0 saturated carbocycles. The molecule has 4 nitrogen and oxygen atoms in total. The highest BCUT2D eigenvalue weighted by Gasteiger charge is 2.54. The summed E-state index contributed by atoms with van der Waals surface area (Å²) < 4.78 is 41.9. The lowest BCUT2D eigenvalue weighted by Crippen LogP contribution is -2.54. The number of alkyl halides is 3. The topological polar surface area (TPSA) is 53.4 Å². The zero-order chi connectivity index (χ0) is 14.3. The molecule has 0 radical (unpaired) electrons. The number of aromatic nitrogens is 1. The summed E-state index contributed by atoms with van der Waals surface area (Å²) in [6.45, 7) is 1.47. The Hall–Kier alpha value is -1.15. The largest absolute Gasteiger partial charge is 0.417 e. The van der Waals surface area contributed by atoms with Crippen LogP contribution in [0.2, 0.25) is 0 Å². The molecule has 1 aliphatic heterocycles. The van der Waals surface area contributed by atoms with E-state index in [0.29, 0.717) is 11.3 Å². The van der Waals surface area contributed by atoms with Crippen LogP contribution in [-0.4, -0.2) is 45.2 Å². The lowest BCUT2D eigenvalue weighted by Gasteiger charge is -2.39. The quantitative estimate of drug-likeness (QED) is 0.861. The van der Waals surface area contributed by atoms with Crippen molar-refractivity contribution in [3.05, 3.63) is 16.6 Å². The standard InChI is InChI=1S/C11H13F3N2O2S/c1-7-8(6-19-15-7)9(17)16-4-2-10(18,3-5-16)11(12,13)14/h6,18H,2-5H2,1H3. The normalized spacial score (nSPS) is 19.5. The number of likely N-dealkylation sites (tertiary alicyclic amines) is 1. The summed E-state index contributed by atoms with van der Waals surface area (Å²) in [6.07, 6.45) is -5.63. The van der Waals surface area contributed by atoms with E-state index in [0.717, 1.165) is 11.5 Å². The van der Waals surface area contributed by atoms with E-state index in [9.17, 15) is 23.1 Å². The average molecular weight is 294 g/mol. The molecule has 19 heavy (non-hydrogen) atoms. The molecule has 0 aromatic carbocycles. The van der Waals surface area contributed by atoms with Gasteiger partial charge < -0.3 is 10.0 Å². The summed E-state index contributed by atoms with van der Waals surface area (Å²) in [7, 11) is 0. The third kappa shape index (κ3) is 2.59. The number of piperidine rings is 1. The monoisotopic (exact) mass is 294 g/mol. The van der Waals surface area contributed by atoms with Gasteiger partial charge in [-0.15, -0.1) is 0 Å². The molecule has 0 atom stereocenters. The Kier molecular flexibility index (Phi) is 3.57. The molecule has 1 aromatic rings. The van der Waals surface area contributed by atoms with E-state index in [4.69, 9.17) is 0 Å². The molecule has 1 fully saturated rings. The molecular formula is C11H13F3N2O2S. The van der Waals surface area contributed by atoms with Gasteiger partial charge in [-0.2, -0.15) is 17.5 Å². The number of aryl methyl sites for hydroxylation is 1. The highest BCUT2D eigenvalue weighted by Crippen LogP contribution is 2.38. The summed E-state index contributed by atoms with van der Waals surface area (Å²) in [5.41, 5.74) is -1.68. The van der Waals surface area contributed by atoms with E-state index in [2.05, 4.69) is 4.37 Å². The number of aliphatic hydroxyl groups is 1. The number of hydrogen-bond acceptors (Lipinski definition) is 4. The van der Waals surface area contributed by atoms with E-state index in [1.54, 1.807) is 12.3 Å². The van der Waals surface area contributed by atoms with Crippen molar-refractivity contribution in [1.29, 1.82) is 0 Å². The Labute approximate surface area is 112 Å². The Balaban J connectivity index is 2.05. The molecule has 1 aromatic heterocycles. The molecule has 1 amide bonds. The van der Waals surface area contributed by atoms with Crippen molar-refractivity contribution in [3.8, 4) is 0 Å². The minimum absolute atomic E-state index is 0.107. The van der Waals surface area contributed by atoms with Crippen LogP contribution in [0.25, 0.3) is 0 Å². The van der Waals surface area contributed by atoms with Gasteiger partial charge in [0.05, 0.1) is 11.3 Å². The number of carbonyl (C=O) groups is 1. The molecule has 1 N–H and O–H groups in total. The van der Waals surface area contributed by atoms with Crippen molar-refractivity contribution in [2.24, 2.45) is 0 Å². The van der Waals surface area contributed by atoms with Crippen LogP contribution in [0.3, 0.4) is 0 Å². The first-order valence-electron chi connectivity index (χ1n) is 5.74. The minimum atomic E-state index is -4.65. The van der Waals surface area contributed by atoms with Gasteiger partial charge in [0.15, 0.2) is 5.60 Å². The maximum atomic E-state index is 12.6. The van der Waals surface area contributed by atoms with Crippen molar-refractivity contribution in [1.82, 2.24) is 9.27 Å². The number of carbonyl (C=O) groups excluding carboxylic acids is 1. The van der Waals surface area contributed by atoms with Gasteiger partial charge in [0.25, 0.3) is 5.91 Å². The van der Waals surface area contributed by atoms with E-state index in [1.165, 1.54) is 4.90 Å². The first-order chi connectivity index (χ1) is 8.74. The molecule has 2 heterocycles. The molecule has 0 aliphatic carbocycles. The lowest BCUT2D eigenvalue weighted by molar-refractivity contribution is -0.271. The second-order valence-electron chi connectivity index (χ2n) is 4.64. The van der Waals surface area contributed by atoms with Gasteiger partial charge in [-0.3, -0.25) is 4.79 Å². The Morgan fingerprint density at radius 1 is 1.47 bits per heavy atom. The molecule has 2 rings (SSSR count). The van der Waals surface area contributed by atoms with Gasteiger partial charge in [0.1, 0.15) is 0 Å². The molecule has 8 heteroatoms. The molecule has 0 bridgehead atoms. The summed E-state index contributed by atoms with van der Waals surface area (Å²) in [4.78, 5) is 13.4. The minimum Gasteiger partial charge on any atom is -0.380 e. The zero-order valence-electron chi connectivity index (χ0n) is 10.2. The number of amides is 1. The van der Waals surface area contributed by atoms with E-state index in [1.807, 2.05) is 0 Å². The third-order valence-corrected chi connectivity index (χ3v) is 4.11. The fraction of sp³-hybridized carbons (Fsp3) is 0.636. The zero-order valence-corrected chi connectivity index (χ0v) is 11.0. The van der Waals surface area contributed by atoms with E-state index >= 15 is 0 Å². The van der Waals surface area contributed by atoms with Crippen molar-refractivity contribution in [3.63, 3.8) is 0 Å². The fourth-order valence-corrected chi connectivity index (χ4v) is 2.72. The number of rotatable bonds is 1. The molecule has 1 saturated heterocycles. The van der Waals surface area contributed by atoms with Gasteiger partial charge in [0, 0.05) is 31.3 Å². The summed E-state index contributed by atoms with van der Waals surface area (Å²) >= 11 is 1.14. The van der Waals surface area contributed by atoms with Gasteiger partial charge in [0.2, 0.25) is 0 Å². The predicted molar refractivity (Wildman–Crippen MR) is 63.0 cm³/mol. The molecule has 106 valence electrons. The second-order valence-corrected chi connectivity index (χ2v) is 5.26. The summed E-state index contributed by atoms with van der Waals surface area (Å²) in [6, 6.07) is 0. The van der Waals surface area contributed by atoms with E-state index < -0.39 is 24.6 Å². The highest BCUT2D eigenvalue weighted by atomic mass is 32.1. The maximum Gasteiger partial charge on any atom is 0.417 e. The highest BCUT2D eigenvalue weighted by molar-refractivity contribution is 7.03. The van der Waals surface area contributed by atoms with Crippen molar-refractivity contribution in [2.75, 3.05) is 13.1 Å². The van der Waals surface area contributed by atoms with Crippen LogP contribution in [0.5, 0.6) is 0 Å². The Bertz CT molecular complexity index is 479. The van der Waals surface area contributed by atoms with Gasteiger partial charge in [-0.25, -0.2) is 0 Å². The van der Waals surface area contributed by atoms with Crippen LogP contribution >= 0.6 is 11.5 Å². The van der Waals surface area contributed by atoms with Crippen LogP contribution in [0.15, 0.2) is 5.38 Å². The SMILES string of the molecule is Cc1nscc1C(=O)N1CCC(O)(C(F)(F)F)CC1. The Morgan fingerprint density at radius 2 is 2.05 bits per heavy atom. The van der Waals surface area contributed by atoms with Gasteiger partial charge in [-0.1, -0.05) is 0 Å². The van der Waals surface area contributed by atoms with Crippen LogP contribution in [-0.2, 0) is 0 Å². The van der Waals surface area contributed by atoms with Crippen LogP contribution in [0.1, 0.15) is 28.9 Å². The van der Waals surface area contributed by atoms with Crippen molar-refractivity contribution >= 4 is 17.4 Å². The summed E-state index contributed by atoms with van der Waals surface area (Å²) in [5, 5.41) is 11.1. The Morgan fingerprint density at radius 3 is 2.47 bits per heavy atom. The second kappa shape index (κ2) is 4.75.